The smallest absolute Gasteiger partial charge is 0.259 e. The van der Waals surface area contributed by atoms with Gasteiger partial charge in [0, 0.05) is 0 Å². The Morgan fingerprint density at radius 2 is 1.76 bits per heavy atom. The lowest BCUT2D eigenvalue weighted by Gasteiger charge is -2.29. The third-order valence-corrected chi connectivity index (χ3v) is 4.33. The van der Waals surface area contributed by atoms with E-state index < -0.39 is 5.54 Å². The predicted molar refractivity (Wildman–Crippen MR) is 85.0 cm³/mol. The highest BCUT2D eigenvalue weighted by molar-refractivity contribution is 7.80. The van der Waals surface area contributed by atoms with Crippen LogP contribution in [0.3, 0.4) is 0 Å². The molecule has 0 aliphatic heterocycles. The summed E-state index contributed by atoms with van der Waals surface area (Å²) in [4.78, 5) is 13.0. The fourth-order valence-electron chi connectivity index (χ4n) is 2.77. The lowest BCUT2D eigenvalue weighted by molar-refractivity contribution is 0.0918. The standard InChI is InChI=1S/C15H20N2O3S/c1-19-10-6-5-7-11(20-2)12(10)13(18)17-15(14(16)21)8-3-4-9-15/h5-7H,3-4,8-9H2,1-2H3,(H2,16,21)(H,17,18). The summed E-state index contributed by atoms with van der Waals surface area (Å²) in [6, 6.07) is 5.21. The van der Waals surface area contributed by atoms with Crippen molar-refractivity contribution in [2.24, 2.45) is 5.73 Å². The van der Waals surface area contributed by atoms with Crippen LogP contribution in [0.15, 0.2) is 18.2 Å². The van der Waals surface area contributed by atoms with Crippen LogP contribution in [0, 0.1) is 0 Å². The molecule has 0 heterocycles. The van der Waals surface area contributed by atoms with Crippen LogP contribution in [-0.2, 0) is 0 Å². The number of hydrogen-bond acceptors (Lipinski definition) is 4. The van der Waals surface area contributed by atoms with Gasteiger partial charge in [-0.1, -0.05) is 31.1 Å². The number of benzene rings is 1. The molecule has 0 saturated heterocycles. The van der Waals surface area contributed by atoms with Crippen LogP contribution in [0.5, 0.6) is 11.5 Å². The van der Waals surface area contributed by atoms with E-state index in [0.29, 0.717) is 22.1 Å². The predicted octanol–water partition coefficient (Wildman–Crippen LogP) is 2.03. The summed E-state index contributed by atoms with van der Waals surface area (Å²) in [6.07, 6.45) is 3.54. The molecule has 1 saturated carbocycles. The van der Waals surface area contributed by atoms with Gasteiger partial charge in [-0.3, -0.25) is 4.79 Å². The Balaban J connectivity index is 2.34. The Bertz CT molecular complexity index is 532. The van der Waals surface area contributed by atoms with Crippen molar-refractivity contribution >= 4 is 23.1 Å². The first-order valence-electron chi connectivity index (χ1n) is 6.87. The summed E-state index contributed by atoms with van der Waals surface area (Å²) in [6.45, 7) is 0. The number of amides is 1. The number of methoxy groups -OCH3 is 2. The number of nitrogens with two attached hydrogens (primary N) is 1. The number of nitrogens with one attached hydrogen (secondary N) is 1. The maximum atomic E-state index is 12.7. The zero-order valence-corrected chi connectivity index (χ0v) is 13.1. The summed E-state index contributed by atoms with van der Waals surface area (Å²) in [7, 11) is 3.04. The monoisotopic (exact) mass is 308 g/mol. The highest BCUT2D eigenvalue weighted by Gasteiger charge is 2.39. The van der Waals surface area contributed by atoms with Gasteiger partial charge in [-0.2, -0.15) is 0 Å². The van der Waals surface area contributed by atoms with Crippen molar-refractivity contribution in [1.29, 1.82) is 0 Å². The average Bonchev–Trinajstić information content (AvgIpc) is 2.96. The molecule has 1 fully saturated rings. The molecule has 0 aromatic heterocycles. The van der Waals surface area contributed by atoms with Crippen molar-refractivity contribution in [3.05, 3.63) is 23.8 Å². The summed E-state index contributed by atoms with van der Waals surface area (Å²) in [5, 5.41) is 2.99. The van der Waals surface area contributed by atoms with Crippen molar-refractivity contribution in [2.45, 2.75) is 31.2 Å². The van der Waals surface area contributed by atoms with Gasteiger partial charge in [0.05, 0.1) is 24.7 Å². The highest BCUT2D eigenvalue weighted by atomic mass is 32.1. The zero-order chi connectivity index (χ0) is 15.5. The minimum atomic E-state index is -0.599. The second-order valence-electron chi connectivity index (χ2n) is 5.15. The Hall–Kier alpha value is -1.82. The fourth-order valence-corrected chi connectivity index (χ4v) is 3.02. The maximum Gasteiger partial charge on any atom is 0.259 e. The molecule has 1 amide bonds. The van der Waals surface area contributed by atoms with E-state index in [1.165, 1.54) is 14.2 Å². The van der Waals surface area contributed by atoms with Crippen LogP contribution in [0.2, 0.25) is 0 Å². The first-order chi connectivity index (χ1) is 10.0. The van der Waals surface area contributed by atoms with Crippen molar-refractivity contribution in [2.75, 3.05) is 14.2 Å². The van der Waals surface area contributed by atoms with E-state index in [1.807, 2.05) is 0 Å². The number of thiocarbonyl (C=S) groups is 1. The molecule has 6 heteroatoms. The van der Waals surface area contributed by atoms with Gasteiger partial charge in [0.25, 0.3) is 5.91 Å². The SMILES string of the molecule is COc1cccc(OC)c1C(=O)NC1(C(N)=S)CCCC1. The van der Waals surface area contributed by atoms with Gasteiger partial charge in [0.1, 0.15) is 17.1 Å². The van der Waals surface area contributed by atoms with Gasteiger partial charge in [0.2, 0.25) is 0 Å². The molecule has 0 unspecified atom stereocenters. The van der Waals surface area contributed by atoms with Gasteiger partial charge >= 0.3 is 0 Å². The lowest BCUT2D eigenvalue weighted by atomic mass is 9.96. The van der Waals surface area contributed by atoms with Crippen molar-refractivity contribution in [3.63, 3.8) is 0 Å². The lowest BCUT2D eigenvalue weighted by Crippen LogP contribution is -2.54. The Morgan fingerprint density at radius 1 is 1.24 bits per heavy atom. The molecule has 1 aromatic carbocycles. The summed E-state index contributed by atoms with van der Waals surface area (Å²) < 4.78 is 10.5. The normalized spacial score (nSPS) is 16.3. The van der Waals surface area contributed by atoms with Crippen LogP contribution in [0.25, 0.3) is 0 Å². The number of carbonyl (C=O) groups excluding carboxylic acids is 1. The van der Waals surface area contributed by atoms with Gasteiger partial charge in [-0.25, -0.2) is 0 Å². The van der Waals surface area contributed by atoms with Crippen LogP contribution in [0.4, 0.5) is 0 Å². The molecule has 1 aromatic rings. The highest BCUT2D eigenvalue weighted by Crippen LogP contribution is 2.33. The van der Waals surface area contributed by atoms with Crippen molar-refractivity contribution < 1.29 is 14.3 Å². The Kier molecular flexibility index (Phi) is 4.67. The molecule has 0 bridgehead atoms. The zero-order valence-electron chi connectivity index (χ0n) is 12.3. The summed E-state index contributed by atoms with van der Waals surface area (Å²) in [5.41, 5.74) is 5.62. The first kappa shape index (κ1) is 15.6. The maximum absolute atomic E-state index is 12.7. The van der Waals surface area contributed by atoms with Gasteiger partial charge in [0.15, 0.2) is 0 Å². The summed E-state index contributed by atoms with van der Waals surface area (Å²) >= 11 is 5.16. The largest absolute Gasteiger partial charge is 0.496 e. The molecule has 0 atom stereocenters. The number of carbonyl (C=O) groups is 1. The van der Waals surface area contributed by atoms with E-state index >= 15 is 0 Å². The van der Waals surface area contributed by atoms with Crippen LogP contribution >= 0.6 is 12.2 Å². The van der Waals surface area contributed by atoms with E-state index in [1.54, 1.807) is 18.2 Å². The number of rotatable bonds is 5. The molecular formula is C15H20N2O3S. The van der Waals surface area contributed by atoms with Gasteiger partial charge < -0.3 is 20.5 Å². The Morgan fingerprint density at radius 3 is 2.19 bits per heavy atom. The topological polar surface area (TPSA) is 73.6 Å². The molecule has 1 aliphatic carbocycles. The average molecular weight is 308 g/mol. The van der Waals surface area contributed by atoms with E-state index in [4.69, 9.17) is 27.4 Å². The minimum Gasteiger partial charge on any atom is -0.496 e. The summed E-state index contributed by atoms with van der Waals surface area (Å²) in [5.74, 6) is 0.643. The molecule has 2 rings (SSSR count). The molecular weight excluding hydrogens is 288 g/mol. The van der Waals surface area contributed by atoms with Crippen LogP contribution < -0.4 is 20.5 Å². The molecule has 5 nitrogen and oxygen atoms in total. The van der Waals surface area contributed by atoms with Crippen LogP contribution in [-0.4, -0.2) is 30.7 Å². The van der Waals surface area contributed by atoms with Crippen molar-refractivity contribution in [3.8, 4) is 11.5 Å². The molecule has 0 spiro atoms. The second-order valence-corrected chi connectivity index (χ2v) is 5.58. The molecule has 1 aliphatic rings. The van der Waals surface area contributed by atoms with Gasteiger partial charge in [-0.15, -0.1) is 0 Å². The van der Waals surface area contributed by atoms with Gasteiger partial charge in [-0.05, 0) is 25.0 Å². The number of hydrogen-bond donors (Lipinski definition) is 2. The van der Waals surface area contributed by atoms with Crippen molar-refractivity contribution in [1.82, 2.24) is 5.32 Å². The quantitative estimate of drug-likeness (QED) is 0.814. The molecule has 114 valence electrons. The Labute approximate surface area is 129 Å². The molecule has 3 N–H and O–H groups in total. The van der Waals surface area contributed by atoms with E-state index in [-0.39, 0.29) is 5.91 Å². The molecule has 0 radical (unpaired) electrons. The van der Waals surface area contributed by atoms with E-state index in [9.17, 15) is 4.79 Å². The third-order valence-electron chi connectivity index (χ3n) is 3.94. The first-order valence-corrected chi connectivity index (χ1v) is 7.28. The fraction of sp³-hybridized carbons (Fsp3) is 0.467. The van der Waals surface area contributed by atoms with E-state index in [0.717, 1.165) is 25.7 Å². The third kappa shape index (κ3) is 2.95. The van der Waals surface area contributed by atoms with E-state index in [2.05, 4.69) is 5.32 Å². The minimum absolute atomic E-state index is 0.279. The van der Waals surface area contributed by atoms with Crippen LogP contribution in [0.1, 0.15) is 36.0 Å². The number of ether oxygens (including phenoxy) is 2. The molecule has 21 heavy (non-hydrogen) atoms. The second kappa shape index (κ2) is 6.30.